The SMILES string of the molecule is CCCC(CCC)Oc1cccc(CS)c1. The van der Waals surface area contributed by atoms with Crippen LogP contribution in [0.15, 0.2) is 24.3 Å². The zero-order valence-electron chi connectivity index (χ0n) is 10.3. The van der Waals surface area contributed by atoms with Crippen molar-refractivity contribution in [2.45, 2.75) is 51.4 Å². The van der Waals surface area contributed by atoms with Crippen molar-refractivity contribution in [3.63, 3.8) is 0 Å². The molecular formula is C14H22OS. The van der Waals surface area contributed by atoms with Crippen LogP contribution >= 0.6 is 12.6 Å². The normalized spacial score (nSPS) is 10.8. The topological polar surface area (TPSA) is 9.23 Å². The van der Waals surface area contributed by atoms with Crippen LogP contribution in [0.2, 0.25) is 0 Å². The van der Waals surface area contributed by atoms with Gasteiger partial charge < -0.3 is 4.74 Å². The molecule has 0 N–H and O–H groups in total. The third kappa shape index (κ3) is 4.48. The van der Waals surface area contributed by atoms with E-state index < -0.39 is 0 Å². The van der Waals surface area contributed by atoms with Crippen LogP contribution in [0.25, 0.3) is 0 Å². The van der Waals surface area contributed by atoms with Gasteiger partial charge in [0.1, 0.15) is 5.75 Å². The molecule has 1 nitrogen and oxygen atoms in total. The lowest BCUT2D eigenvalue weighted by atomic mass is 10.1. The molecule has 1 aromatic carbocycles. The lowest BCUT2D eigenvalue weighted by molar-refractivity contribution is 0.178. The summed E-state index contributed by atoms with van der Waals surface area (Å²) in [6.07, 6.45) is 5.00. The van der Waals surface area contributed by atoms with E-state index in [0.717, 1.165) is 24.3 Å². The Bertz CT molecular complexity index is 293. The van der Waals surface area contributed by atoms with Crippen molar-refractivity contribution < 1.29 is 4.74 Å². The molecule has 0 aliphatic heterocycles. The fourth-order valence-corrected chi connectivity index (χ4v) is 2.01. The van der Waals surface area contributed by atoms with Gasteiger partial charge in [-0.1, -0.05) is 38.8 Å². The largest absolute Gasteiger partial charge is 0.490 e. The van der Waals surface area contributed by atoms with Crippen molar-refractivity contribution in [2.75, 3.05) is 0 Å². The summed E-state index contributed by atoms with van der Waals surface area (Å²) >= 11 is 4.28. The summed E-state index contributed by atoms with van der Waals surface area (Å²) < 4.78 is 6.00. The predicted octanol–water partition coefficient (Wildman–Crippen LogP) is 4.46. The van der Waals surface area contributed by atoms with E-state index in [2.05, 4.69) is 38.6 Å². The minimum absolute atomic E-state index is 0.366. The number of hydrogen-bond acceptors (Lipinski definition) is 2. The van der Waals surface area contributed by atoms with Crippen molar-refractivity contribution >= 4 is 12.6 Å². The van der Waals surface area contributed by atoms with Crippen LogP contribution in [0.1, 0.15) is 45.1 Å². The molecule has 16 heavy (non-hydrogen) atoms. The van der Waals surface area contributed by atoms with Gasteiger partial charge in [0.2, 0.25) is 0 Å². The number of hydrogen-bond donors (Lipinski definition) is 1. The maximum absolute atomic E-state index is 6.00. The Balaban J connectivity index is 2.60. The van der Waals surface area contributed by atoms with Gasteiger partial charge >= 0.3 is 0 Å². The van der Waals surface area contributed by atoms with E-state index in [9.17, 15) is 0 Å². The summed E-state index contributed by atoms with van der Waals surface area (Å²) in [5.74, 6) is 1.75. The first-order valence-electron chi connectivity index (χ1n) is 6.16. The molecule has 0 radical (unpaired) electrons. The molecule has 1 rings (SSSR count). The van der Waals surface area contributed by atoms with Crippen molar-refractivity contribution in [3.8, 4) is 5.75 Å². The number of rotatable bonds is 7. The van der Waals surface area contributed by atoms with Crippen molar-refractivity contribution in [1.82, 2.24) is 0 Å². The smallest absolute Gasteiger partial charge is 0.120 e. The molecule has 0 unspecified atom stereocenters. The molecule has 0 spiro atoms. The quantitative estimate of drug-likeness (QED) is 0.690. The van der Waals surface area contributed by atoms with Gasteiger partial charge in [0.25, 0.3) is 0 Å². The Morgan fingerprint density at radius 2 is 1.88 bits per heavy atom. The molecule has 0 saturated heterocycles. The number of benzene rings is 1. The molecule has 0 aliphatic rings. The van der Waals surface area contributed by atoms with Crippen molar-refractivity contribution in [2.24, 2.45) is 0 Å². The van der Waals surface area contributed by atoms with Gasteiger partial charge in [-0.2, -0.15) is 12.6 Å². The van der Waals surface area contributed by atoms with Crippen LogP contribution in [0.3, 0.4) is 0 Å². The van der Waals surface area contributed by atoms with E-state index >= 15 is 0 Å². The summed E-state index contributed by atoms with van der Waals surface area (Å²) in [6.45, 7) is 4.41. The van der Waals surface area contributed by atoms with Crippen LogP contribution in [0.5, 0.6) is 5.75 Å². The second kappa shape index (κ2) is 7.61. The Kier molecular flexibility index (Phi) is 6.39. The minimum atomic E-state index is 0.366. The lowest BCUT2D eigenvalue weighted by Crippen LogP contribution is -2.15. The molecule has 2 heteroatoms. The molecule has 0 heterocycles. The number of thiol groups is 1. The molecule has 0 aromatic heterocycles. The van der Waals surface area contributed by atoms with Crippen LogP contribution in [-0.4, -0.2) is 6.10 Å². The second-order valence-corrected chi connectivity index (χ2v) is 4.44. The van der Waals surface area contributed by atoms with Gasteiger partial charge in [-0.15, -0.1) is 0 Å². The van der Waals surface area contributed by atoms with E-state index in [1.54, 1.807) is 0 Å². The predicted molar refractivity (Wildman–Crippen MR) is 73.4 cm³/mol. The Morgan fingerprint density at radius 3 is 2.44 bits per heavy atom. The first kappa shape index (κ1) is 13.4. The first-order valence-corrected chi connectivity index (χ1v) is 6.79. The van der Waals surface area contributed by atoms with Crippen LogP contribution < -0.4 is 4.74 Å². The van der Waals surface area contributed by atoms with Gasteiger partial charge in [0.15, 0.2) is 0 Å². The molecule has 1 aromatic rings. The molecule has 90 valence electrons. The van der Waals surface area contributed by atoms with E-state index in [1.165, 1.54) is 18.4 Å². The van der Waals surface area contributed by atoms with Gasteiger partial charge in [-0.3, -0.25) is 0 Å². The average Bonchev–Trinajstić information content (AvgIpc) is 2.30. The molecule has 0 saturated carbocycles. The van der Waals surface area contributed by atoms with Gasteiger partial charge in [-0.25, -0.2) is 0 Å². The number of ether oxygens (including phenoxy) is 1. The molecule has 0 atom stereocenters. The maximum atomic E-state index is 6.00. The van der Waals surface area contributed by atoms with E-state index in [4.69, 9.17) is 4.74 Å². The molecule has 0 fully saturated rings. The lowest BCUT2D eigenvalue weighted by Gasteiger charge is -2.18. The highest BCUT2D eigenvalue weighted by atomic mass is 32.1. The van der Waals surface area contributed by atoms with Gasteiger partial charge in [0, 0.05) is 5.75 Å². The third-order valence-electron chi connectivity index (χ3n) is 2.61. The Morgan fingerprint density at radius 1 is 1.19 bits per heavy atom. The first-order chi connectivity index (χ1) is 7.80. The van der Waals surface area contributed by atoms with Gasteiger partial charge in [-0.05, 0) is 30.5 Å². The monoisotopic (exact) mass is 238 g/mol. The third-order valence-corrected chi connectivity index (χ3v) is 2.97. The summed E-state index contributed by atoms with van der Waals surface area (Å²) in [5, 5.41) is 0. The van der Waals surface area contributed by atoms with E-state index in [0.29, 0.717) is 6.10 Å². The fourth-order valence-electron chi connectivity index (χ4n) is 1.82. The van der Waals surface area contributed by atoms with E-state index in [-0.39, 0.29) is 0 Å². The molecule has 0 bridgehead atoms. The second-order valence-electron chi connectivity index (χ2n) is 4.12. The molecule has 0 amide bonds. The summed E-state index contributed by atoms with van der Waals surface area (Å²) in [5.41, 5.74) is 1.22. The van der Waals surface area contributed by atoms with Gasteiger partial charge in [0.05, 0.1) is 6.10 Å². The highest BCUT2D eigenvalue weighted by molar-refractivity contribution is 7.79. The zero-order valence-corrected chi connectivity index (χ0v) is 11.2. The van der Waals surface area contributed by atoms with Crippen molar-refractivity contribution in [3.05, 3.63) is 29.8 Å². The minimum Gasteiger partial charge on any atom is -0.490 e. The zero-order chi connectivity index (χ0) is 11.8. The summed E-state index contributed by atoms with van der Waals surface area (Å²) in [6, 6.07) is 8.24. The summed E-state index contributed by atoms with van der Waals surface area (Å²) in [4.78, 5) is 0. The van der Waals surface area contributed by atoms with E-state index in [1.807, 2.05) is 12.1 Å². The fraction of sp³-hybridized carbons (Fsp3) is 0.571. The van der Waals surface area contributed by atoms with Crippen LogP contribution in [0.4, 0.5) is 0 Å². The Labute approximate surface area is 105 Å². The highest BCUT2D eigenvalue weighted by Crippen LogP contribution is 2.19. The molecular weight excluding hydrogens is 216 g/mol. The Hall–Kier alpha value is -0.630. The maximum Gasteiger partial charge on any atom is 0.120 e. The van der Waals surface area contributed by atoms with Crippen molar-refractivity contribution in [1.29, 1.82) is 0 Å². The van der Waals surface area contributed by atoms with Crippen LogP contribution in [0, 0.1) is 0 Å². The van der Waals surface area contributed by atoms with Crippen LogP contribution in [-0.2, 0) is 5.75 Å². The standard InChI is InChI=1S/C14H22OS/c1-3-6-13(7-4-2)15-14-9-5-8-12(10-14)11-16/h5,8-10,13,16H,3-4,6-7,11H2,1-2H3. The summed E-state index contributed by atoms with van der Waals surface area (Å²) in [7, 11) is 0. The molecule has 0 aliphatic carbocycles. The average molecular weight is 238 g/mol. The highest BCUT2D eigenvalue weighted by Gasteiger charge is 2.08.